The Labute approximate surface area is 152 Å². The molecule has 2 aromatic carbocycles. The summed E-state index contributed by atoms with van der Waals surface area (Å²) in [6, 6.07) is 16.4. The van der Waals surface area contributed by atoms with E-state index < -0.39 is 0 Å². The lowest BCUT2D eigenvalue weighted by Crippen LogP contribution is -2.38. The predicted molar refractivity (Wildman–Crippen MR) is 99.1 cm³/mol. The summed E-state index contributed by atoms with van der Waals surface area (Å²) in [6.07, 6.45) is 0.786. The summed E-state index contributed by atoms with van der Waals surface area (Å²) in [7, 11) is 1.61. The number of amides is 1. The summed E-state index contributed by atoms with van der Waals surface area (Å²) in [5.74, 6) is 1.19. The molecule has 1 unspecified atom stereocenters. The average molecular weight is 354 g/mol. The van der Waals surface area contributed by atoms with Gasteiger partial charge in [-0.2, -0.15) is 0 Å². The van der Waals surface area contributed by atoms with Gasteiger partial charge in [-0.15, -0.1) is 5.10 Å². The molecule has 0 saturated carbocycles. The molecular formula is C19H22N4O3. The average Bonchev–Trinajstić information content (AvgIpc) is 3.09. The van der Waals surface area contributed by atoms with Gasteiger partial charge in [0.15, 0.2) is 11.5 Å². The minimum Gasteiger partial charge on any atom is -0.493 e. The third kappa shape index (κ3) is 4.44. The molecule has 26 heavy (non-hydrogen) atoms. The first-order valence-corrected chi connectivity index (χ1v) is 8.41. The predicted octanol–water partition coefficient (Wildman–Crippen LogP) is 1.81. The Morgan fingerprint density at radius 3 is 2.58 bits per heavy atom. The molecule has 1 amide bonds. The van der Waals surface area contributed by atoms with E-state index in [0.717, 1.165) is 6.42 Å². The summed E-state index contributed by atoms with van der Waals surface area (Å²) >= 11 is 0. The Balaban J connectivity index is 1.55. The van der Waals surface area contributed by atoms with Gasteiger partial charge in [0.05, 0.1) is 13.7 Å². The molecule has 1 atom stereocenters. The Kier molecular flexibility index (Phi) is 5.58. The molecule has 136 valence electrons. The summed E-state index contributed by atoms with van der Waals surface area (Å²) in [5.41, 5.74) is 6.38. The van der Waals surface area contributed by atoms with Crippen LogP contribution in [0.1, 0.15) is 16.8 Å². The van der Waals surface area contributed by atoms with Crippen molar-refractivity contribution in [1.82, 2.24) is 10.3 Å². The molecule has 3 N–H and O–H groups in total. The first-order chi connectivity index (χ1) is 12.7. The van der Waals surface area contributed by atoms with Gasteiger partial charge in [-0.3, -0.25) is 15.1 Å². The monoisotopic (exact) mass is 354 g/mol. The molecule has 7 nitrogen and oxygen atoms in total. The van der Waals surface area contributed by atoms with Gasteiger partial charge >= 0.3 is 0 Å². The quantitative estimate of drug-likeness (QED) is 0.631. The van der Waals surface area contributed by atoms with Gasteiger partial charge in [-0.25, -0.2) is 0 Å². The van der Waals surface area contributed by atoms with Gasteiger partial charge in [-0.1, -0.05) is 30.3 Å². The smallest absolute Gasteiger partial charge is 0.257 e. The molecule has 2 aromatic rings. The maximum atomic E-state index is 12.1. The van der Waals surface area contributed by atoms with Gasteiger partial charge in [0.1, 0.15) is 6.10 Å². The fraction of sp³-hybridized carbons (Fsp3) is 0.263. The van der Waals surface area contributed by atoms with E-state index in [1.807, 2.05) is 30.3 Å². The number of ether oxygens (including phenoxy) is 2. The van der Waals surface area contributed by atoms with Crippen LogP contribution in [-0.4, -0.2) is 43.2 Å². The maximum Gasteiger partial charge on any atom is 0.257 e. The number of carbonyl (C=O) groups excluding carboxylic acids is 1. The van der Waals surface area contributed by atoms with Crippen molar-refractivity contribution >= 4 is 11.9 Å². The number of benzene rings is 2. The van der Waals surface area contributed by atoms with E-state index in [-0.39, 0.29) is 18.0 Å². The fourth-order valence-corrected chi connectivity index (χ4v) is 2.75. The maximum absolute atomic E-state index is 12.1. The highest BCUT2D eigenvalue weighted by Crippen LogP contribution is 2.28. The normalized spacial score (nSPS) is 17.0. The first-order valence-electron chi connectivity index (χ1n) is 8.41. The summed E-state index contributed by atoms with van der Waals surface area (Å²) < 4.78 is 11.3. The number of hydrogen-bond acceptors (Lipinski definition) is 5. The van der Waals surface area contributed by atoms with Crippen LogP contribution in [-0.2, 0) is 0 Å². The van der Waals surface area contributed by atoms with E-state index in [1.165, 1.54) is 0 Å². The van der Waals surface area contributed by atoms with Gasteiger partial charge in [0.2, 0.25) is 5.96 Å². The molecule has 3 rings (SSSR count). The second kappa shape index (κ2) is 8.24. The third-order valence-electron chi connectivity index (χ3n) is 4.01. The molecule has 0 aromatic heterocycles. The molecule has 0 radical (unpaired) electrons. The topological polar surface area (TPSA) is 89.2 Å². The fourth-order valence-electron chi connectivity index (χ4n) is 2.75. The van der Waals surface area contributed by atoms with Crippen molar-refractivity contribution < 1.29 is 14.3 Å². The Morgan fingerprint density at radius 2 is 1.85 bits per heavy atom. The molecular weight excluding hydrogens is 332 g/mol. The van der Waals surface area contributed by atoms with Crippen LogP contribution in [0.5, 0.6) is 11.5 Å². The highest BCUT2D eigenvalue weighted by Gasteiger charge is 2.24. The summed E-state index contributed by atoms with van der Waals surface area (Å²) in [5, 5.41) is 8.65. The first kappa shape index (κ1) is 17.6. The zero-order chi connectivity index (χ0) is 18.4. The highest BCUT2D eigenvalue weighted by molar-refractivity contribution is 6.05. The van der Waals surface area contributed by atoms with E-state index >= 15 is 0 Å². The van der Waals surface area contributed by atoms with Crippen LogP contribution in [0.25, 0.3) is 0 Å². The van der Waals surface area contributed by atoms with Crippen LogP contribution in [0.3, 0.4) is 0 Å². The van der Waals surface area contributed by atoms with Crippen molar-refractivity contribution in [2.45, 2.75) is 12.5 Å². The van der Waals surface area contributed by atoms with Crippen molar-refractivity contribution in [3.63, 3.8) is 0 Å². The van der Waals surface area contributed by atoms with Crippen LogP contribution < -0.4 is 20.5 Å². The van der Waals surface area contributed by atoms with Gasteiger partial charge < -0.3 is 15.2 Å². The number of para-hydroxylation sites is 2. The zero-order valence-corrected chi connectivity index (χ0v) is 14.6. The second-order valence-electron chi connectivity index (χ2n) is 5.90. The van der Waals surface area contributed by atoms with Gasteiger partial charge in [0.25, 0.3) is 5.91 Å². The lowest BCUT2D eigenvalue weighted by atomic mass is 10.2. The van der Waals surface area contributed by atoms with E-state index in [0.29, 0.717) is 30.2 Å². The summed E-state index contributed by atoms with van der Waals surface area (Å²) in [6.45, 7) is 1.28. The number of guanidine groups is 1. The molecule has 1 fully saturated rings. The third-order valence-corrected chi connectivity index (χ3v) is 4.01. The van der Waals surface area contributed by atoms with E-state index in [4.69, 9.17) is 15.2 Å². The van der Waals surface area contributed by atoms with Gasteiger partial charge in [0, 0.05) is 18.5 Å². The Bertz CT molecular complexity index is 779. The molecule has 1 heterocycles. The molecule has 1 aliphatic heterocycles. The van der Waals surface area contributed by atoms with Crippen LogP contribution >= 0.6 is 0 Å². The highest BCUT2D eigenvalue weighted by atomic mass is 16.5. The van der Waals surface area contributed by atoms with Crippen molar-refractivity contribution in [2.24, 2.45) is 10.8 Å². The lowest BCUT2D eigenvalue weighted by molar-refractivity contribution is 0.0976. The van der Waals surface area contributed by atoms with E-state index in [1.54, 1.807) is 36.4 Å². The zero-order valence-electron chi connectivity index (χ0n) is 14.6. The van der Waals surface area contributed by atoms with E-state index in [9.17, 15) is 4.79 Å². The van der Waals surface area contributed by atoms with Crippen LogP contribution in [0.2, 0.25) is 0 Å². The van der Waals surface area contributed by atoms with Crippen molar-refractivity contribution in [3.05, 3.63) is 60.2 Å². The number of methoxy groups -OCH3 is 1. The van der Waals surface area contributed by atoms with Crippen LogP contribution in [0.15, 0.2) is 59.7 Å². The number of hydrogen-bond donors (Lipinski definition) is 2. The van der Waals surface area contributed by atoms with Crippen molar-refractivity contribution in [2.75, 3.05) is 20.2 Å². The standard InChI is InChI=1S/C19H22N4O3/c1-25-16-9-5-6-10-17(16)26-15-11-12-23(13-15)22-19(20)21-18(24)14-7-3-2-4-8-14/h2-10,15H,11-13H2,1H3,(H3,20,21,22,24). The second-order valence-corrected chi connectivity index (χ2v) is 5.90. The number of nitrogens with one attached hydrogen (secondary N) is 1. The number of nitrogens with zero attached hydrogens (tertiary/aromatic N) is 2. The lowest BCUT2D eigenvalue weighted by Gasteiger charge is -2.16. The number of nitrogens with two attached hydrogens (primary N) is 1. The molecule has 7 heteroatoms. The Morgan fingerprint density at radius 1 is 1.15 bits per heavy atom. The van der Waals surface area contributed by atoms with E-state index in [2.05, 4.69) is 10.4 Å². The largest absolute Gasteiger partial charge is 0.493 e. The van der Waals surface area contributed by atoms with Crippen molar-refractivity contribution in [3.8, 4) is 11.5 Å². The molecule has 1 saturated heterocycles. The van der Waals surface area contributed by atoms with Crippen LogP contribution in [0.4, 0.5) is 0 Å². The van der Waals surface area contributed by atoms with Crippen LogP contribution in [0, 0.1) is 0 Å². The number of hydrazone groups is 1. The SMILES string of the molecule is COc1ccccc1OC1CCN(N=C(N)NC(=O)c2ccccc2)C1. The Hall–Kier alpha value is -3.22. The molecule has 0 bridgehead atoms. The summed E-state index contributed by atoms with van der Waals surface area (Å²) in [4.78, 5) is 12.1. The number of rotatable bonds is 5. The molecule has 0 spiro atoms. The van der Waals surface area contributed by atoms with Crippen molar-refractivity contribution in [1.29, 1.82) is 0 Å². The minimum atomic E-state index is -0.284. The number of carbonyl (C=O) groups is 1. The minimum absolute atomic E-state index is 0.0207. The molecule has 1 aliphatic rings. The molecule has 0 aliphatic carbocycles. The van der Waals surface area contributed by atoms with Gasteiger partial charge in [-0.05, 0) is 24.3 Å².